The molecule has 0 aliphatic heterocycles. The van der Waals surface area contributed by atoms with Gasteiger partial charge >= 0.3 is 0 Å². The average Bonchev–Trinajstić information content (AvgIpc) is 2.62. The first-order valence-corrected chi connectivity index (χ1v) is 11.0. The smallest absolute Gasteiger partial charge is 0.274 e. The topological polar surface area (TPSA) is 110 Å². The van der Waals surface area contributed by atoms with Gasteiger partial charge in [0.2, 0.25) is 15.9 Å². The minimum absolute atomic E-state index is 0.138. The molecule has 0 fully saturated rings. The molecule has 0 saturated carbocycles. The highest BCUT2D eigenvalue weighted by Crippen LogP contribution is 2.29. The number of nitro groups is 1. The van der Waals surface area contributed by atoms with E-state index in [-0.39, 0.29) is 29.0 Å². The molecule has 1 N–H and O–H groups in total. The fraction of sp³-hybridized carbons (Fsp3) is 0.316. The van der Waals surface area contributed by atoms with E-state index < -0.39 is 26.9 Å². The molecular weight excluding hydrogens is 418 g/mol. The minimum atomic E-state index is -3.82. The van der Waals surface area contributed by atoms with E-state index in [0.717, 1.165) is 16.1 Å². The number of rotatable bonds is 7. The molecule has 1 unspecified atom stereocenters. The Morgan fingerprint density at radius 2 is 1.93 bits per heavy atom. The zero-order valence-electron chi connectivity index (χ0n) is 16.5. The highest BCUT2D eigenvalue weighted by molar-refractivity contribution is 7.92. The van der Waals surface area contributed by atoms with Crippen molar-refractivity contribution in [1.29, 1.82) is 0 Å². The molecule has 0 saturated heterocycles. The van der Waals surface area contributed by atoms with Crippen molar-refractivity contribution >= 4 is 44.6 Å². The van der Waals surface area contributed by atoms with Crippen molar-refractivity contribution in [3.05, 3.63) is 62.7 Å². The third-order valence-electron chi connectivity index (χ3n) is 4.50. The Kier molecular flexibility index (Phi) is 6.86. The van der Waals surface area contributed by atoms with Crippen LogP contribution in [-0.4, -0.2) is 31.5 Å². The van der Waals surface area contributed by atoms with Crippen LogP contribution in [0.2, 0.25) is 5.02 Å². The molecule has 8 nitrogen and oxygen atoms in total. The molecule has 0 aliphatic rings. The summed E-state index contributed by atoms with van der Waals surface area (Å²) in [4.78, 5) is 23.6. The van der Waals surface area contributed by atoms with Gasteiger partial charge in [-0.15, -0.1) is 0 Å². The van der Waals surface area contributed by atoms with Gasteiger partial charge in [0.25, 0.3) is 5.69 Å². The van der Waals surface area contributed by atoms with E-state index in [0.29, 0.717) is 5.02 Å². The number of hydrogen-bond acceptors (Lipinski definition) is 5. The van der Waals surface area contributed by atoms with Crippen molar-refractivity contribution in [2.24, 2.45) is 0 Å². The third-order valence-corrected chi connectivity index (χ3v) is 6.09. The summed E-state index contributed by atoms with van der Waals surface area (Å²) in [5.74, 6) is -0.599. The maximum atomic E-state index is 13.0. The van der Waals surface area contributed by atoms with Crippen LogP contribution in [-0.2, 0) is 14.8 Å². The van der Waals surface area contributed by atoms with Gasteiger partial charge in [0.1, 0.15) is 6.04 Å². The highest BCUT2D eigenvalue weighted by atomic mass is 35.5. The van der Waals surface area contributed by atoms with Crippen LogP contribution in [0.4, 0.5) is 17.1 Å². The second kappa shape index (κ2) is 8.79. The lowest BCUT2D eigenvalue weighted by Crippen LogP contribution is -2.47. The quantitative estimate of drug-likeness (QED) is 0.517. The second-order valence-corrected chi connectivity index (χ2v) is 8.88. The third kappa shape index (κ3) is 5.04. The molecule has 29 heavy (non-hydrogen) atoms. The zero-order chi connectivity index (χ0) is 21.9. The van der Waals surface area contributed by atoms with Gasteiger partial charge in [0.15, 0.2) is 0 Å². The van der Waals surface area contributed by atoms with Crippen molar-refractivity contribution in [3.8, 4) is 0 Å². The number of nitrogens with zero attached hydrogens (tertiary/aromatic N) is 2. The van der Waals surface area contributed by atoms with E-state index in [2.05, 4.69) is 5.32 Å². The number of carbonyl (C=O) groups is 1. The van der Waals surface area contributed by atoms with E-state index in [1.54, 1.807) is 26.0 Å². The Morgan fingerprint density at radius 1 is 1.28 bits per heavy atom. The summed E-state index contributed by atoms with van der Waals surface area (Å²) < 4.78 is 26.0. The molecule has 1 atom stereocenters. The minimum Gasteiger partial charge on any atom is -0.324 e. The van der Waals surface area contributed by atoms with E-state index >= 15 is 0 Å². The Balaban J connectivity index is 2.45. The lowest BCUT2D eigenvalue weighted by Gasteiger charge is -2.30. The fourth-order valence-electron chi connectivity index (χ4n) is 2.95. The van der Waals surface area contributed by atoms with Gasteiger partial charge in [-0.1, -0.05) is 30.7 Å². The molecule has 0 radical (unpaired) electrons. The highest BCUT2D eigenvalue weighted by Gasteiger charge is 2.32. The number of nitrogens with one attached hydrogen (secondary N) is 1. The van der Waals surface area contributed by atoms with Crippen LogP contribution in [0.5, 0.6) is 0 Å². The van der Waals surface area contributed by atoms with Crippen LogP contribution in [0, 0.1) is 24.0 Å². The number of halogens is 1. The maximum Gasteiger partial charge on any atom is 0.274 e. The van der Waals surface area contributed by atoms with Gasteiger partial charge in [0.05, 0.1) is 28.1 Å². The number of amides is 1. The van der Waals surface area contributed by atoms with Crippen LogP contribution in [0.3, 0.4) is 0 Å². The standard InChI is InChI=1S/C19H22ClN3O5S/c1-5-17(19(24)21-16-7-6-8-18(13(16)3)23(25)26)22(29(4,27)28)14-10-9-12(2)15(20)11-14/h6-11,17H,5H2,1-4H3,(H,21,24). The lowest BCUT2D eigenvalue weighted by molar-refractivity contribution is -0.385. The van der Waals surface area contributed by atoms with Crippen LogP contribution in [0.15, 0.2) is 36.4 Å². The molecule has 1 amide bonds. The number of hydrogen-bond donors (Lipinski definition) is 1. The number of nitro benzene ring substituents is 1. The van der Waals surface area contributed by atoms with E-state index in [4.69, 9.17) is 11.6 Å². The van der Waals surface area contributed by atoms with Crippen LogP contribution >= 0.6 is 11.6 Å². The molecular formula is C19H22ClN3O5S. The molecule has 156 valence electrons. The molecule has 0 spiro atoms. The van der Waals surface area contributed by atoms with Crippen LogP contribution in [0.1, 0.15) is 24.5 Å². The summed E-state index contributed by atoms with van der Waals surface area (Å²) in [6.07, 6.45) is 1.19. The summed E-state index contributed by atoms with van der Waals surface area (Å²) in [6, 6.07) is 7.99. The molecule has 0 aromatic heterocycles. The summed E-state index contributed by atoms with van der Waals surface area (Å²) in [5.41, 5.74) is 1.43. The lowest BCUT2D eigenvalue weighted by atomic mass is 10.1. The first-order valence-electron chi connectivity index (χ1n) is 8.77. The first kappa shape index (κ1) is 22.6. The van der Waals surface area contributed by atoms with Crippen molar-refractivity contribution in [1.82, 2.24) is 0 Å². The predicted octanol–water partition coefficient (Wildman–Crippen LogP) is 4.05. The maximum absolute atomic E-state index is 13.0. The molecule has 10 heteroatoms. The molecule has 2 rings (SSSR count). The number of benzene rings is 2. The van der Waals surface area contributed by atoms with Crippen molar-refractivity contribution < 1.29 is 18.1 Å². The summed E-state index contributed by atoms with van der Waals surface area (Å²) >= 11 is 6.15. The van der Waals surface area contributed by atoms with Gasteiger partial charge in [-0.2, -0.15) is 0 Å². The number of sulfonamides is 1. The normalized spacial score (nSPS) is 12.3. The van der Waals surface area contributed by atoms with Gasteiger partial charge in [0, 0.05) is 11.1 Å². The Labute approximate surface area is 174 Å². The predicted molar refractivity (Wildman–Crippen MR) is 114 cm³/mol. The first-order chi connectivity index (χ1) is 13.5. The van der Waals surface area contributed by atoms with Crippen LogP contribution in [0.25, 0.3) is 0 Å². The Morgan fingerprint density at radius 3 is 2.45 bits per heavy atom. The molecule has 0 bridgehead atoms. The van der Waals surface area contributed by atoms with Crippen LogP contribution < -0.4 is 9.62 Å². The largest absolute Gasteiger partial charge is 0.324 e. The van der Waals surface area contributed by atoms with Gasteiger partial charge in [-0.3, -0.25) is 19.2 Å². The molecule has 0 aliphatic carbocycles. The zero-order valence-corrected chi connectivity index (χ0v) is 18.0. The Hall–Kier alpha value is -2.65. The molecule has 2 aromatic carbocycles. The van der Waals surface area contributed by atoms with Crippen molar-refractivity contribution in [3.63, 3.8) is 0 Å². The van der Waals surface area contributed by atoms with Gasteiger partial charge in [-0.05, 0) is 44.0 Å². The van der Waals surface area contributed by atoms with E-state index in [1.807, 2.05) is 0 Å². The van der Waals surface area contributed by atoms with Crippen molar-refractivity contribution in [2.45, 2.75) is 33.2 Å². The summed E-state index contributed by atoms with van der Waals surface area (Å²) in [7, 11) is -3.82. The second-order valence-electron chi connectivity index (χ2n) is 6.61. The molecule has 2 aromatic rings. The monoisotopic (exact) mass is 439 g/mol. The summed E-state index contributed by atoms with van der Waals surface area (Å²) in [5, 5.41) is 14.1. The molecule has 0 heterocycles. The van der Waals surface area contributed by atoms with Crippen molar-refractivity contribution in [2.75, 3.05) is 15.9 Å². The fourth-order valence-corrected chi connectivity index (χ4v) is 4.33. The van der Waals surface area contributed by atoms with Gasteiger partial charge in [-0.25, -0.2) is 8.42 Å². The van der Waals surface area contributed by atoms with E-state index in [1.165, 1.54) is 31.2 Å². The van der Waals surface area contributed by atoms with E-state index in [9.17, 15) is 23.3 Å². The summed E-state index contributed by atoms with van der Waals surface area (Å²) in [6.45, 7) is 4.98. The van der Waals surface area contributed by atoms with Gasteiger partial charge < -0.3 is 5.32 Å². The Bertz CT molecular complexity index is 1060. The SMILES string of the molecule is CCC(C(=O)Nc1cccc([N+](=O)[O-])c1C)N(c1ccc(C)c(Cl)c1)S(C)(=O)=O. The number of aryl methyl sites for hydroxylation is 1. The average molecular weight is 440 g/mol. The number of carbonyl (C=O) groups excluding carboxylic acids is 1. The number of anilines is 2.